The molecule has 0 bridgehead atoms. The van der Waals surface area contributed by atoms with Gasteiger partial charge < -0.3 is 15.8 Å². The second kappa shape index (κ2) is 5.96. The van der Waals surface area contributed by atoms with Crippen LogP contribution in [0.1, 0.15) is 5.69 Å². The zero-order valence-electron chi connectivity index (χ0n) is 8.86. The van der Waals surface area contributed by atoms with Gasteiger partial charge in [-0.1, -0.05) is 0 Å². The van der Waals surface area contributed by atoms with Crippen LogP contribution in [0, 0.1) is 12.7 Å². The van der Waals surface area contributed by atoms with E-state index in [0.29, 0.717) is 6.54 Å². The SMILES string of the molecule is Cc1ncnc(NCCOCC(N)=O)c1F. The first-order valence-electron chi connectivity index (χ1n) is 4.68. The molecule has 3 N–H and O–H groups in total. The molecule has 0 atom stereocenters. The molecular weight excluding hydrogens is 215 g/mol. The zero-order valence-corrected chi connectivity index (χ0v) is 8.86. The van der Waals surface area contributed by atoms with Crippen molar-refractivity contribution in [2.75, 3.05) is 25.1 Å². The molecule has 0 aromatic carbocycles. The number of anilines is 1. The monoisotopic (exact) mass is 228 g/mol. The summed E-state index contributed by atoms with van der Waals surface area (Å²) in [5, 5.41) is 2.72. The molecule has 88 valence electrons. The Morgan fingerprint density at radius 3 is 3.06 bits per heavy atom. The molecule has 0 spiro atoms. The van der Waals surface area contributed by atoms with E-state index in [-0.39, 0.29) is 24.7 Å². The number of primary amides is 1. The number of amides is 1. The van der Waals surface area contributed by atoms with Crippen molar-refractivity contribution in [1.82, 2.24) is 9.97 Å². The van der Waals surface area contributed by atoms with Crippen LogP contribution in [0.5, 0.6) is 0 Å². The van der Waals surface area contributed by atoms with Gasteiger partial charge in [0.15, 0.2) is 11.6 Å². The molecule has 0 saturated carbocycles. The minimum absolute atomic E-state index is 0.121. The first kappa shape index (κ1) is 12.3. The number of aryl methyl sites for hydroxylation is 1. The third-order valence-corrected chi connectivity index (χ3v) is 1.75. The normalized spacial score (nSPS) is 10.1. The van der Waals surface area contributed by atoms with Gasteiger partial charge in [-0.2, -0.15) is 0 Å². The number of nitrogens with one attached hydrogen (secondary N) is 1. The van der Waals surface area contributed by atoms with Gasteiger partial charge in [-0.3, -0.25) is 4.79 Å². The van der Waals surface area contributed by atoms with E-state index in [1.807, 2.05) is 0 Å². The van der Waals surface area contributed by atoms with Crippen molar-refractivity contribution in [3.05, 3.63) is 17.8 Å². The number of hydrogen-bond acceptors (Lipinski definition) is 5. The Morgan fingerprint density at radius 1 is 1.62 bits per heavy atom. The molecule has 0 fully saturated rings. The summed E-state index contributed by atoms with van der Waals surface area (Å²) in [4.78, 5) is 17.7. The summed E-state index contributed by atoms with van der Waals surface area (Å²) in [5.74, 6) is -0.906. The summed E-state index contributed by atoms with van der Waals surface area (Å²) < 4.78 is 18.2. The zero-order chi connectivity index (χ0) is 12.0. The van der Waals surface area contributed by atoms with Crippen molar-refractivity contribution in [2.24, 2.45) is 5.73 Å². The molecule has 0 aliphatic heterocycles. The van der Waals surface area contributed by atoms with Crippen molar-refractivity contribution >= 4 is 11.7 Å². The van der Waals surface area contributed by atoms with E-state index in [9.17, 15) is 9.18 Å². The first-order valence-corrected chi connectivity index (χ1v) is 4.68. The van der Waals surface area contributed by atoms with E-state index in [4.69, 9.17) is 10.5 Å². The Bertz CT molecular complexity index is 373. The van der Waals surface area contributed by atoms with Crippen molar-refractivity contribution in [2.45, 2.75) is 6.92 Å². The van der Waals surface area contributed by atoms with Gasteiger partial charge in [0.05, 0.1) is 12.3 Å². The lowest BCUT2D eigenvalue weighted by Crippen LogP contribution is -2.21. The third kappa shape index (κ3) is 3.77. The number of halogens is 1. The minimum atomic E-state index is -0.538. The highest BCUT2D eigenvalue weighted by atomic mass is 19.1. The summed E-state index contributed by atoms with van der Waals surface area (Å²) in [5.41, 5.74) is 5.14. The first-order chi connectivity index (χ1) is 7.61. The summed E-state index contributed by atoms with van der Waals surface area (Å²) in [6.07, 6.45) is 1.27. The number of rotatable bonds is 6. The quantitative estimate of drug-likeness (QED) is 0.660. The minimum Gasteiger partial charge on any atom is -0.370 e. The largest absolute Gasteiger partial charge is 0.370 e. The summed E-state index contributed by atoms with van der Waals surface area (Å²) in [6, 6.07) is 0. The molecule has 0 aliphatic rings. The maximum absolute atomic E-state index is 13.3. The second-order valence-corrected chi connectivity index (χ2v) is 3.07. The number of carbonyl (C=O) groups excluding carboxylic acids is 1. The fourth-order valence-electron chi connectivity index (χ4n) is 0.996. The summed E-state index contributed by atoms with van der Waals surface area (Å²) in [7, 11) is 0. The van der Waals surface area contributed by atoms with E-state index >= 15 is 0 Å². The third-order valence-electron chi connectivity index (χ3n) is 1.75. The molecule has 7 heteroatoms. The van der Waals surface area contributed by atoms with Gasteiger partial charge in [0.1, 0.15) is 12.9 Å². The van der Waals surface area contributed by atoms with Crippen LogP contribution < -0.4 is 11.1 Å². The average molecular weight is 228 g/mol. The predicted molar refractivity (Wildman–Crippen MR) is 55.2 cm³/mol. The molecule has 1 rings (SSSR count). The molecule has 0 radical (unpaired) electrons. The Balaban J connectivity index is 2.32. The maximum Gasteiger partial charge on any atom is 0.243 e. The van der Waals surface area contributed by atoms with Crippen LogP contribution in [0.15, 0.2) is 6.33 Å². The molecule has 0 saturated heterocycles. The lowest BCUT2D eigenvalue weighted by molar-refractivity contribution is -0.122. The molecule has 0 unspecified atom stereocenters. The van der Waals surface area contributed by atoms with Crippen molar-refractivity contribution < 1.29 is 13.9 Å². The van der Waals surface area contributed by atoms with Crippen molar-refractivity contribution in [3.8, 4) is 0 Å². The molecule has 1 heterocycles. The summed E-state index contributed by atoms with van der Waals surface area (Å²) in [6.45, 7) is 1.98. The number of ether oxygens (including phenoxy) is 1. The van der Waals surface area contributed by atoms with E-state index < -0.39 is 11.7 Å². The van der Waals surface area contributed by atoms with Crippen LogP contribution >= 0.6 is 0 Å². The molecule has 6 nitrogen and oxygen atoms in total. The number of nitrogens with two attached hydrogens (primary N) is 1. The average Bonchev–Trinajstić information content (AvgIpc) is 2.23. The van der Waals surface area contributed by atoms with E-state index in [2.05, 4.69) is 15.3 Å². The van der Waals surface area contributed by atoms with E-state index in [1.165, 1.54) is 6.33 Å². The van der Waals surface area contributed by atoms with Crippen molar-refractivity contribution in [1.29, 1.82) is 0 Å². The van der Waals surface area contributed by atoms with Gasteiger partial charge >= 0.3 is 0 Å². The Labute approximate surface area is 92.0 Å². The molecule has 0 aliphatic carbocycles. The van der Waals surface area contributed by atoms with Gasteiger partial charge in [0, 0.05) is 6.54 Å². The second-order valence-electron chi connectivity index (χ2n) is 3.07. The molecule has 1 amide bonds. The van der Waals surface area contributed by atoms with Gasteiger partial charge in [-0.05, 0) is 6.92 Å². The molecule has 16 heavy (non-hydrogen) atoms. The molecule has 1 aromatic heterocycles. The van der Waals surface area contributed by atoms with Gasteiger partial charge in [-0.25, -0.2) is 14.4 Å². The highest BCUT2D eigenvalue weighted by Gasteiger charge is 2.06. The van der Waals surface area contributed by atoms with Gasteiger partial charge in [-0.15, -0.1) is 0 Å². The number of nitrogens with zero attached hydrogens (tertiary/aromatic N) is 2. The molecule has 1 aromatic rings. The number of carbonyl (C=O) groups is 1. The van der Waals surface area contributed by atoms with E-state index in [0.717, 1.165) is 0 Å². The maximum atomic E-state index is 13.3. The fourth-order valence-corrected chi connectivity index (χ4v) is 0.996. The van der Waals surface area contributed by atoms with Crippen molar-refractivity contribution in [3.63, 3.8) is 0 Å². The highest BCUT2D eigenvalue weighted by Crippen LogP contribution is 2.10. The Hall–Kier alpha value is -1.76. The standard InChI is InChI=1S/C9H13FN4O2/c1-6-8(10)9(14-5-13-6)12-2-3-16-4-7(11)15/h5H,2-4H2,1H3,(H2,11,15)(H,12,13,14). The lowest BCUT2D eigenvalue weighted by atomic mass is 10.4. The van der Waals surface area contributed by atoms with E-state index in [1.54, 1.807) is 6.92 Å². The predicted octanol–water partition coefficient (Wildman–Crippen LogP) is -0.162. The lowest BCUT2D eigenvalue weighted by Gasteiger charge is -2.07. The van der Waals surface area contributed by atoms with Gasteiger partial charge in [0.2, 0.25) is 5.91 Å². The van der Waals surface area contributed by atoms with Crippen LogP contribution in [-0.4, -0.2) is 35.6 Å². The van der Waals surface area contributed by atoms with Crippen LogP contribution in [0.3, 0.4) is 0 Å². The fraction of sp³-hybridized carbons (Fsp3) is 0.444. The topological polar surface area (TPSA) is 90.1 Å². The van der Waals surface area contributed by atoms with Crippen LogP contribution in [0.2, 0.25) is 0 Å². The number of hydrogen-bond donors (Lipinski definition) is 2. The number of aromatic nitrogens is 2. The Kier molecular flexibility index (Phi) is 4.59. The van der Waals surface area contributed by atoms with Crippen LogP contribution in [0.4, 0.5) is 10.2 Å². The Morgan fingerprint density at radius 2 is 2.38 bits per heavy atom. The van der Waals surface area contributed by atoms with Crippen LogP contribution in [0.25, 0.3) is 0 Å². The summed E-state index contributed by atoms with van der Waals surface area (Å²) >= 11 is 0. The highest BCUT2D eigenvalue weighted by molar-refractivity contribution is 5.74. The van der Waals surface area contributed by atoms with Gasteiger partial charge in [0.25, 0.3) is 0 Å². The smallest absolute Gasteiger partial charge is 0.243 e. The van der Waals surface area contributed by atoms with Crippen LogP contribution in [-0.2, 0) is 9.53 Å². The molecular formula is C9H13FN4O2.